The molecule has 1 fully saturated rings. The summed E-state index contributed by atoms with van der Waals surface area (Å²) >= 11 is 0. The van der Waals surface area contributed by atoms with E-state index in [0.29, 0.717) is 23.5 Å². The van der Waals surface area contributed by atoms with Gasteiger partial charge in [0.2, 0.25) is 0 Å². The van der Waals surface area contributed by atoms with Crippen LogP contribution in [0, 0.1) is 11.3 Å². The smallest absolute Gasteiger partial charge is 0.262 e. The number of ether oxygens (including phenoxy) is 1. The molecule has 0 spiro atoms. The summed E-state index contributed by atoms with van der Waals surface area (Å²) in [4.78, 5) is 12.3. The average molecular weight is 382 g/mol. The molecule has 0 aromatic heterocycles. The van der Waals surface area contributed by atoms with Gasteiger partial charge in [0.15, 0.2) is 9.84 Å². The molecular weight excluding hydrogens is 364 g/mol. The van der Waals surface area contributed by atoms with Gasteiger partial charge in [-0.05, 0) is 42.3 Å². The third-order valence-corrected chi connectivity index (χ3v) is 5.85. The minimum absolute atomic E-state index is 0.0580. The van der Waals surface area contributed by atoms with Gasteiger partial charge >= 0.3 is 0 Å². The summed E-state index contributed by atoms with van der Waals surface area (Å²) in [5, 5.41) is 11.9. The number of hydrogen-bond acceptors (Lipinski definition) is 5. The number of carbonyl (C=O) groups is 1. The largest absolute Gasteiger partial charge is 0.457 e. The Hall–Kier alpha value is -3.11. The van der Waals surface area contributed by atoms with Crippen molar-refractivity contribution in [1.29, 1.82) is 5.26 Å². The van der Waals surface area contributed by atoms with E-state index in [1.54, 1.807) is 24.3 Å². The van der Waals surface area contributed by atoms with Crippen LogP contribution in [0.1, 0.15) is 12.0 Å². The fraction of sp³-hybridized carbons (Fsp3) is 0.200. The van der Waals surface area contributed by atoms with Crippen LogP contribution in [0.25, 0.3) is 6.08 Å². The van der Waals surface area contributed by atoms with Crippen molar-refractivity contribution >= 4 is 21.8 Å². The van der Waals surface area contributed by atoms with Crippen LogP contribution < -0.4 is 10.1 Å². The van der Waals surface area contributed by atoms with Gasteiger partial charge in [0.05, 0.1) is 11.5 Å². The van der Waals surface area contributed by atoms with E-state index in [0.717, 1.165) is 0 Å². The Bertz CT molecular complexity index is 1010. The molecule has 138 valence electrons. The summed E-state index contributed by atoms with van der Waals surface area (Å²) in [7, 11) is -3.10. The van der Waals surface area contributed by atoms with E-state index in [4.69, 9.17) is 4.74 Å². The van der Waals surface area contributed by atoms with E-state index >= 15 is 0 Å². The molecule has 0 bridgehead atoms. The summed E-state index contributed by atoms with van der Waals surface area (Å²) in [5.74, 6) is 0.656. The lowest BCUT2D eigenvalue weighted by molar-refractivity contribution is -0.117. The molecule has 1 amide bonds. The number of rotatable bonds is 5. The highest BCUT2D eigenvalue weighted by atomic mass is 32.2. The van der Waals surface area contributed by atoms with Crippen LogP contribution in [0.3, 0.4) is 0 Å². The number of para-hydroxylation sites is 1. The number of hydrogen-bond donors (Lipinski definition) is 1. The summed E-state index contributed by atoms with van der Waals surface area (Å²) in [5.41, 5.74) is 0.547. The Morgan fingerprint density at radius 3 is 2.56 bits per heavy atom. The van der Waals surface area contributed by atoms with E-state index < -0.39 is 21.8 Å². The predicted molar refractivity (Wildman–Crippen MR) is 102 cm³/mol. The van der Waals surface area contributed by atoms with Gasteiger partial charge in [-0.3, -0.25) is 4.79 Å². The number of nitrogens with one attached hydrogen (secondary N) is 1. The second-order valence-corrected chi connectivity index (χ2v) is 8.46. The van der Waals surface area contributed by atoms with Crippen molar-refractivity contribution in [1.82, 2.24) is 5.32 Å². The monoisotopic (exact) mass is 382 g/mol. The molecule has 27 heavy (non-hydrogen) atoms. The van der Waals surface area contributed by atoms with Crippen molar-refractivity contribution in [3.8, 4) is 17.6 Å². The highest BCUT2D eigenvalue weighted by Gasteiger charge is 2.29. The van der Waals surface area contributed by atoms with Gasteiger partial charge in [-0.25, -0.2) is 8.42 Å². The van der Waals surface area contributed by atoms with Crippen molar-refractivity contribution in [3.05, 3.63) is 65.7 Å². The van der Waals surface area contributed by atoms with E-state index in [1.807, 2.05) is 36.4 Å². The maximum atomic E-state index is 12.3. The van der Waals surface area contributed by atoms with E-state index in [1.165, 1.54) is 6.08 Å². The first kappa shape index (κ1) is 18.7. The van der Waals surface area contributed by atoms with Crippen LogP contribution >= 0.6 is 0 Å². The lowest BCUT2D eigenvalue weighted by atomic mass is 10.1. The molecule has 1 atom stereocenters. The number of sulfone groups is 1. The van der Waals surface area contributed by atoms with Crippen molar-refractivity contribution in [2.24, 2.45) is 0 Å². The molecule has 1 aliphatic heterocycles. The molecule has 1 saturated heterocycles. The highest BCUT2D eigenvalue weighted by Crippen LogP contribution is 2.23. The number of benzene rings is 2. The van der Waals surface area contributed by atoms with E-state index in [-0.39, 0.29) is 17.1 Å². The standard InChI is InChI=1S/C20H18N2O4S/c21-13-16(20(23)22-17-9-10-27(24,25)14-17)11-15-5-4-8-19(12-15)26-18-6-2-1-3-7-18/h1-8,11-12,17H,9-10,14H2,(H,22,23). The van der Waals surface area contributed by atoms with Crippen molar-refractivity contribution < 1.29 is 17.9 Å². The number of carbonyl (C=O) groups excluding carboxylic acids is 1. The summed E-state index contributed by atoms with van der Waals surface area (Å²) < 4.78 is 28.7. The predicted octanol–water partition coefficient (Wildman–Crippen LogP) is 2.69. The Labute approximate surface area is 158 Å². The maximum Gasteiger partial charge on any atom is 0.262 e. The van der Waals surface area contributed by atoms with Gasteiger partial charge in [0.1, 0.15) is 23.1 Å². The van der Waals surface area contributed by atoms with Crippen LogP contribution in [0.5, 0.6) is 11.5 Å². The van der Waals surface area contributed by atoms with Crippen molar-refractivity contribution in [2.45, 2.75) is 12.5 Å². The molecule has 7 heteroatoms. The number of amides is 1. The van der Waals surface area contributed by atoms with Gasteiger partial charge < -0.3 is 10.1 Å². The molecule has 1 N–H and O–H groups in total. The van der Waals surface area contributed by atoms with E-state index in [2.05, 4.69) is 5.32 Å². The first-order valence-electron chi connectivity index (χ1n) is 8.41. The second kappa shape index (κ2) is 8.06. The Morgan fingerprint density at radius 2 is 1.89 bits per heavy atom. The molecule has 3 rings (SSSR count). The van der Waals surface area contributed by atoms with Crippen molar-refractivity contribution in [3.63, 3.8) is 0 Å². The molecule has 0 aliphatic carbocycles. The molecule has 2 aromatic carbocycles. The summed E-state index contributed by atoms with van der Waals surface area (Å²) in [6, 6.07) is 17.7. The van der Waals surface area contributed by atoms with Gasteiger partial charge in [0.25, 0.3) is 5.91 Å². The van der Waals surface area contributed by atoms with Crippen LogP contribution in [0.4, 0.5) is 0 Å². The molecule has 6 nitrogen and oxygen atoms in total. The highest BCUT2D eigenvalue weighted by molar-refractivity contribution is 7.91. The van der Waals surface area contributed by atoms with Crippen LogP contribution in [-0.4, -0.2) is 31.9 Å². The molecule has 2 aromatic rings. The Morgan fingerprint density at radius 1 is 1.15 bits per heavy atom. The van der Waals surface area contributed by atoms with Gasteiger partial charge in [-0.15, -0.1) is 0 Å². The summed E-state index contributed by atoms with van der Waals surface area (Å²) in [6.45, 7) is 0. The van der Waals surface area contributed by atoms with E-state index in [9.17, 15) is 18.5 Å². The molecule has 0 saturated carbocycles. The Kier molecular flexibility index (Phi) is 5.57. The number of nitrogens with zero attached hydrogens (tertiary/aromatic N) is 1. The lowest BCUT2D eigenvalue weighted by Gasteiger charge is -2.10. The zero-order valence-electron chi connectivity index (χ0n) is 14.5. The zero-order valence-corrected chi connectivity index (χ0v) is 15.3. The molecule has 0 radical (unpaired) electrons. The minimum atomic E-state index is -3.10. The van der Waals surface area contributed by atoms with Gasteiger partial charge in [-0.1, -0.05) is 30.3 Å². The first-order chi connectivity index (χ1) is 12.9. The normalized spacial score (nSPS) is 18.5. The molecule has 1 heterocycles. The van der Waals surface area contributed by atoms with Crippen molar-refractivity contribution in [2.75, 3.05) is 11.5 Å². The van der Waals surface area contributed by atoms with Gasteiger partial charge in [-0.2, -0.15) is 5.26 Å². The number of nitriles is 1. The third-order valence-electron chi connectivity index (χ3n) is 4.08. The average Bonchev–Trinajstić information content (AvgIpc) is 2.99. The fourth-order valence-corrected chi connectivity index (χ4v) is 4.45. The van der Waals surface area contributed by atoms with Gasteiger partial charge in [0, 0.05) is 6.04 Å². The first-order valence-corrected chi connectivity index (χ1v) is 10.2. The Balaban J connectivity index is 1.72. The third kappa shape index (κ3) is 5.19. The molecular formula is C20H18N2O4S. The second-order valence-electron chi connectivity index (χ2n) is 6.23. The topological polar surface area (TPSA) is 96.3 Å². The quantitative estimate of drug-likeness (QED) is 0.633. The lowest BCUT2D eigenvalue weighted by Crippen LogP contribution is -2.36. The molecule has 1 unspecified atom stereocenters. The zero-order chi connectivity index (χ0) is 19.3. The summed E-state index contributed by atoms with van der Waals surface area (Å²) in [6.07, 6.45) is 1.82. The maximum absolute atomic E-state index is 12.3. The van der Waals surface area contributed by atoms with Crippen LogP contribution in [-0.2, 0) is 14.6 Å². The molecule has 1 aliphatic rings. The van der Waals surface area contributed by atoms with Crippen LogP contribution in [0.15, 0.2) is 60.2 Å². The SMILES string of the molecule is N#CC(=Cc1cccc(Oc2ccccc2)c1)C(=O)NC1CCS(=O)(=O)C1. The fourth-order valence-electron chi connectivity index (χ4n) is 2.78. The minimum Gasteiger partial charge on any atom is -0.457 e. The van der Waals surface area contributed by atoms with Crippen LogP contribution in [0.2, 0.25) is 0 Å².